The molecule has 0 radical (unpaired) electrons. The standard InChI is InChI=1S/C20H26N4O4/c1-26-16-7-5-15(6-8-16)9-11-22-20(25)24-13-3-4-17(14-24)28-18-10-12-21-19(23-18)27-2/h5-8,10,12,17H,3-4,9,11,13-14H2,1-2H3,(H,22,25). The highest BCUT2D eigenvalue weighted by atomic mass is 16.5. The highest BCUT2D eigenvalue weighted by Crippen LogP contribution is 2.18. The average Bonchev–Trinajstić information content (AvgIpc) is 2.74. The Hall–Kier alpha value is -3.03. The van der Waals surface area contributed by atoms with Crippen molar-refractivity contribution in [2.24, 2.45) is 0 Å². The van der Waals surface area contributed by atoms with Gasteiger partial charge in [-0.2, -0.15) is 4.98 Å². The predicted molar refractivity (Wildman–Crippen MR) is 104 cm³/mol. The van der Waals surface area contributed by atoms with E-state index in [0.29, 0.717) is 19.0 Å². The number of urea groups is 1. The highest BCUT2D eigenvalue weighted by Gasteiger charge is 2.25. The van der Waals surface area contributed by atoms with Crippen LogP contribution in [0.3, 0.4) is 0 Å². The van der Waals surface area contributed by atoms with Crippen LogP contribution in [0.1, 0.15) is 18.4 Å². The Morgan fingerprint density at radius 2 is 2.04 bits per heavy atom. The Kier molecular flexibility index (Phi) is 6.89. The topological polar surface area (TPSA) is 85.8 Å². The normalized spacial score (nSPS) is 16.4. The molecule has 1 N–H and O–H groups in total. The van der Waals surface area contributed by atoms with Crippen molar-refractivity contribution in [3.8, 4) is 17.6 Å². The summed E-state index contributed by atoms with van der Waals surface area (Å²) < 4.78 is 16.1. The van der Waals surface area contributed by atoms with E-state index in [1.807, 2.05) is 24.3 Å². The van der Waals surface area contributed by atoms with Gasteiger partial charge in [0.15, 0.2) is 0 Å². The van der Waals surface area contributed by atoms with Crippen LogP contribution in [0.5, 0.6) is 17.6 Å². The molecule has 28 heavy (non-hydrogen) atoms. The van der Waals surface area contributed by atoms with Crippen molar-refractivity contribution in [3.63, 3.8) is 0 Å². The van der Waals surface area contributed by atoms with Gasteiger partial charge in [0.05, 0.1) is 20.8 Å². The first-order chi connectivity index (χ1) is 13.7. The van der Waals surface area contributed by atoms with Crippen LogP contribution in [0.15, 0.2) is 36.5 Å². The molecule has 3 rings (SSSR count). The molecule has 1 aliphatic heterocycles. The minimum Gasteiger partial charge on any atom is -0.497 e. The summed E-state index contributed by atoms with van der Waals surface area (Å²) in [7, 11) is 3.16. The Bertz CT molecular complexity index is 769. The van der Waals surface area contributed by atoms with Gasteiger partial charge in [-0.05, 0) is 37.0 Å². The van der Waals surface area contributed by atoms with Crippen molar-refractivity contribution in [3.05, 3.63) is 42.1 Å². The number of hydrogen-bond donors (Lipinski definition) is 1. The molecule has 0 saturated carbocycles. The second-order valence-electron chi connectivity index (χ2n) is 6.54. The minimum absolute atomic E-state index is 0.0675. The van der Waals surface area contributed by atoms with Crippen LogP contribution >= 0.6 is 0 Å². The highest BCUT2D eigenvalue weighted by molar-refractivity contribution is 5.74. The van der Waals surface area contributed by atoms with Gasteiger partial charge in [-0.25, -0.2) is 9.78 Å². The Morgan fingerprint density at radius 1 is 1.21 bits per heavy atom. The van der Waals surface area contributed by atoms with Gasteiger partial charge in [-0.15, -0.1) is 0 Å². The lowest BCUT2D eigenvalue weighted by atomic mass is 10.1. The molecule has 0 bridgehead atoms. The molecule has 2 aromatic rings. The quantitative estimate of drug-likeness (QED) is 0.786. The zero-order chi connectivity index (χ0) is 19.8. The Morgan fingerprint density at radius 3 is 2.79 bits per heavy atom. The summed E-state index contributed by atoms with van der Waals surface area (Å²) in [5.74, 6) is 1.28. The van der Waals surface area contributed by atoms with E-state index in [1.165, 1.54) is 7.11 Å². The van der Waals surface area contributed by atoms with Crippen LogP contribution in [0.2, 0.25) is 0 Å². The van der Waals surface area contributed by atoms with Crippen LogP contribution in [-0.4, -0.2) is 60.9 Å². The summed E-state index contributed by atoms with van der Waals surface area (Å²) in [6, 6.07) is 9.74. The van der Waals surface area contributed by atoms with Crippen LogP contribution < -0.4 is 19.5 Å². The van der Waals surface area contributed by atoms with E-state index >= 15 is 0 Å². The maximum absolute atomic E-state index is 12.5. The van der Waals surface area contributed by atoms with Crippen LogP contribution in [0.25, 0.3) is 0 Å². The maximum atomic E-state index is 12.5. The number of aromatic nitrogens is 2. The number of carbonyl (C=O) groups is 1. The summed E-state index contributed by atoms with van der Waals surface area (Å²) in [6.45, 7) is 1.83. The SMILES string of the molecule is COc1ccc(CCNC(=O)N2CCCC(Oc3ccnc(OC)n3)C2)cc1. The lowest BCUT2D eigenvalue weighted by Gasteiger charge is -2.32. The second kappa shape index (κ2) is 9.77. The Balaban J connectivity index is 1.45. The number of amides is 2. The fraction of sp³-hybridized carbons (Fsp3) is 0.450. The molecule has 1 aromatic heterocycles. The number of piperidine rings is 1. The van der Waals surface area contributed by atoms with Crippen LogP contribution in [0, 0.1) is 0 Å². The van der Waals surface area contributed by atoms with E-state index < -0.39 is 0 Å². The van der Waals surface area contributed by atoms with E-state index in [4.69, 9.17) is 14.2 Å². The number of likely N-dealkylation sites (tertiary alicyclic amines) is 1. The van der Waals surface area contributed by atoms with Gasteiger partial charge < -0.3 is 24.4 Å². The molecule has 8 heteroatoms. The molecule has 1 atom stereocenters. The second-order valence-corrected chi connectivity index (χ2v) is 6.54. The predicted octanol–water partition coefficient (Wildman–Crippen LogP) is 2.29. The van der Waals surface area contributed by atoms with Gasteiger partial charge >= 0.3 is 12.0 Å². The fourth-order valence-corrected chi connectivity index (χ4v) is 3.10. The Labute approximate surface area is 164 Å². The third-order valence-corrected chi connectivity index (χ3v) is 4.59. The molecule has 0 aliphatic carbocycles. The van der Waals surface area contributed by atoms with Crippen molar-refractivity contribution in [2.75, 3.05) is 33.9 Å². The van der Waals surface area contributed by atoms with Gasteiger partial charge in [-0.1, -0.05) is 12.1 Å². The van der Waals surface area contributed by atoms with Crippen LogP contribution in [-0.2, 0) is 6.42 Å². The number of benzene rings is 1. The number of nitrogens with one attached hydrogen (secondary N) is 1. The molecule has 1 aliphatic rings. The molecule has 2 amide bonds. The molecule has 1 aromatic carbocycles. The number of methoxy groups -OCH3 is 2. The first-order valence-electron chi connectivity index (χ1n) is 9.37. The number of hydrogen-bond acceptors (Lipinski definition) is 6. The minimum atomic E-state index is -0.0966. The molecule has 2 heterocycles. The molecule has 1 fully saturated rings. The third kappa shape index (κ3) is 5.48. The van der Waals surface area contributed by atoms with E-state index in [1.54, 1.807) is 24.3 Å². The smallest absolute Gasteiger partial charge is 0.319 e. The fourth-order valence-electron chi connectivity index (χ4n) is 3.10. The molecular weight excluding hydrogens is 360 g/mol. The zero-order valence-corrected chi connectivity index (χ0v) is 16.3. The van der Waals surface area contributed by atoms with E-state index in [0.717, 1.165) is 37.1 Å². The van der Waals surface area contributed by atoms with Gasteiger partial charge in [0.1, 0.15) is 11.9 Å². The van der Waals surface area contributed by atoms with Gasteiger partial charge in [0.25, 0.3) is 0 Å². The monoisotopic (exact) mass is 386 g/mol. The first kappa shape index (κ1) is 19.7. The van der Waals surface area contributed by atoms with E-state index in [2.05, 4.69) is 15.3 Å². The first-order valence-corrected chi connectivity index (χ1v) is 9.37. The number of nitrogens with zero attached hydrogens (tertiary/aromatic N) is 3. The van der Waals surface area contributed by atoms with Gasteiger partial charge in [0.2, 0.25) is 5.88 Å². The largest absolute Gasteiger partial charge is 0.497 e. The van der Waals surface area contributed by atoms with Crippen molar-refractivity contribution >= 4 is 6.03 Å². The van der Waals surface area contributed by atoms with Crippen molar-refractivity contribution in [1.29, 1.82) is 0 Å². The molecule has 150 valence electrons. The summed E-state index contributed by atoms with van der Waals surface area (Å²) in [4.78, 5) is 22.4. The molecular formula is C20H26N4O4. The summed E-state index contributed by atoms with van der Waals surface area (Å²) in [5.41, 5.74) is 1.15. The van der Waals surface area contributed by atoms with Crippen molar-refractivity contribution in [1.82, 2.24) is 20.2 Å². The molecule has 1 saturated heterocycles. The number of ether oxygens (including phenoxy) is 3. The third-order valence-electron chi connectivity index (χ3n) is 4.59. The summed E-state index contributed by atoms with van der Waals surface area (Å²) in [6.07, 6.45) is 4.03. The van der Waals surface area contributed by atoms with E-state index in [-0.39, 0.29) is 18.1 Å². The van der Waals surface area contributed by atoms with Gasteiger partial charge in [0, 0.05) is 25.4 Å². The average molecular weight is 386 g/mol. The van der Waals surface area contributed by atoms with Crippen molar-refractivity contribution in [2.45, 2.75) is 25.4 Å². The zero-order valence-electron chi connectivity index (χ0n) is 16.3. The maximum Gasteiger partial charge on any atom is 0.319 e. The lowest BCUT2D eigenvalue weighted by molar-refractivity contribution is 0.0971. The molecule has 8 nitrogen and oxygen atoms in total. The molecule has 0 spiro atoms. The number of carbonyl (C=O) groups excluding carboxylic acids is 1. The number of rotatable bonds is 7. The van der Waals surface area contributed by atoms with Gasteiger partial charge in [-0.3, -0.25) is 0 Å². The summed E-state index contributed by atoms with van der Waals surface area (Å²) >= 11 is 0. The summed E-state index contributed by atoms with van der Waals surface area (Å²) in [5, 5.41) is 2.99. The molecule has 1 unspecified atom stereocenters. The van der Waals surface area contributed by atoms with Crippen molar-refractivity contribution < 1.29 is 19.0 Å². The van der Waals surface area contributed by atoms with Crippen LogP contribution in [0.4, 0.5) is 4.79 Å². The lowest BCUT2D eigenvalue weighted by Crippen LogP contribution is -2.49. The van der Waals surface area contributed by atoms with E-state index in [9.17, 15) is 4.79 Å².